The Morgan fingerprint density at radius 2 is 1.82 bits per heavy atom. The summed E-state index contributed by atoms with van der Waals surface area (Å²) >= 11 is 0. The highest BCUT2D eigenvalue weighted by Gasteiger charge is 2.42. The molecular weight excluding hydrogens is 518 g/mol. The van der Waals surface area contributed by atoms with Crippen molar-refractivity contribution >= 4 is 27.4 Å². The maximum Gasteiger partial charge on any atom is 0.235 e. The van der Waals surface area contributed by atoms with Crippen LogP contribution in [0.3, 0.4) is 0 Å². The molecule has 2 N–H and O–H groups in total. The topological polar surface area (TPSA) is 128 Å². The lowest BCUT2D eigenvalue weighted by atomic mass is 9.85. The number of carbonyl (C=O) groups excluding carboxylic acids is 1. The molecule has 0 radical (unpaired) electrons. The number of amides is 1. The molecule has 0 bridgehead atoms. The molecular formula is C25H24F2N6O4S. The van der Waals surface area contributed by atoms with Gasteiger partial charge in [0, 0.05) is 11.8 Å². The lowest BCUT2D eigenvalue weighted by Crippen LogP contribution is -2.29. The highest BCUT2D eigenvalue weighted by molar-refractivity contribution is 7.88. The van der Waals surface area contributed by atoms with Crippen LogP contribution in [-0.2, 0) is 33.4 Å². The van der Waals surface area contributed by atoms with Crippen LogP contribution in [0.1, 0.15) is 36.4 Å². The van der Waals surface area contributed by atoms with Gasteiger partial charge in [0.15, 0.2) is 17.2 Å². The lowest BCUT2D eigenvalue weighted by Gasteiger charge is -2.18. The van der Waals surface area contributed by atoms with E-state index >= 15 is 0 Å². The van der Waals surface area contributed by atoms with Crippen LogP contribution in [-0.4, -0.2) is 39.9 Å². The highest BCUT2D eigenvalue weighted by Crippen LogP contribution is 2.40. The fraction of sp³-hybridized carbons (Fsp3) is 0.280. The number of imidazole rings is 1. The van der Waals surface area contributed by atoms with E-state index in [1.165, 1.54) is 6.07 Å². The van der Waals surface area contributed by atoms with Crippen LogP contribution in [0.15, 0.2) is 36.5 Å². The largest absolute Gasteiger partial charge is 0.485 e. The van der Waals surface area contributed by atoms with Gasteiger partial charge in [-0.1, -0.05) is 6.07 Å². The molecule has 0 aliphatic carbocycles. The molecule has 0 unspecified atom stereocenters. The first-order chi connectivity index (χ1) is 17.9. The van der Waals surface area contributed by atoms with Crippen LogP contribution >= 0.6 is 0 Å². The van der Waals surface area contributed by atoms with Gasteiger partial charge in [-0.25, -0.2) is 36.9 Å². The Labute approximate surface area is 217 Å². The number of anilines is 1. The van der Waals surface area contributed by atoms with Gasteiger partial charge in [-0.05, 0) is 45.0 Å². The number of fused-ring (bicyclic) bond motifs is 2. The number of halogens is 2. The number of ether oxygens (including phenoxy) is 1. The second kappa shape index (κ2) is 9.10. The predicted molar refractivity (Wildman–Crippen MR) is 135 cm³/mol. The molecule has 0 saturated carbocycles. The summed E-state index contributed by atoms with van der Waals surface area (Å²) in [5.41, 5.74) is 1.02. The monoisotopic (exact) mass is 542 g/mol. The van der Waals surface area contributed by atoms with Crippen LogP contribution in [0.25, 0.3) is 17.2 Å². The Balaban J connectivity index is 1.60. The number of sulfonamides is 1. The molecule has 38 heavy (non-hydrogen) atoms. The average Bonchev–Trinajstić information content (AvgIpc) is 3.29. The van der Waals surface area contributed by atoms with E-state index in [0.29, 0.717) is 28.3 Å². The van der Waals surface area contributed by atoms with Crippen molar-refractivity contribution in [2.45, 2.75) is 39.3 Å². The van der Waals surface area contributed by atoms with Crippen molar-refractivity contribution < 1.29 is 26.7 Å². The standard InChI is InChI=1S/C25H24F2N6O4S/c1-13-20(22-30-17(11-28-38(4,35)36)19-21(31-22)32-24(34)25(19,2)3)33-10-6-9-18(23(33)29-13)37-12-14-15(26)7-5-8-16(14)27/h5-10,28H,11-12H2,1-4H3,(H,30,31,32,34). The maximum atomic E-state index is 14.1. The zero-order valence-corrected chi connectivity index (χ0v) is 21.8. The fourth-order valence-corrected chi connectivity index (χ4v) is 4.82. The van der Waals surface area contributed by atoms with Gasteiger partial charge in [0.05, 0.1) is 35.2 Å². The van der Waals surface area contributed by atoms with Crippen molar-refractivity contribution in [3.8, 4) is 17.3 Å². The number of carbonyl (C=O) groups is 1. The summed E-state index contributed by atoms with van der Waals surface area (Å²) in [5.74, 6) is -0.959. The van der Waals surface area contributed by atoms with Crippen molar-refractivity contribution in [2.75, 3.05) is 11.6 Å². The summed E-state index contributed by atoms with van der Waals surface area (Å²) in [5, 5.41) is 2.76. The Bertz CT molecular complexity index is 1700. The highest BCUT2D eigenvalue weighted by atomic mass is 32.2. The lowest BCUT2D eigenvalue weighted by molar-refractivity contribution is -0.119. The van der Waals surface area contributed by atoms with Crippen LogP contribution < -0.4 is 14.8 Å². The van der Waals surface area contributed by atoms with Crippen LogP contribution in [0.2, 0.25) is 0 Å². The van der Waals surface area contributed by atoms with Gasteiger partial charge in [0.1, 0.15) is 29.8 Å². The third kappa shape index (κ3) is 4.47. The number of nitrogens with zero attached hydrogens (tertiary/aromatic N) is 4. The van der Waals surface area contributed by atoms with Crippen molar-refractivity contribution in [1.29, 1.82) is 0 Å². The van der Waals surface area contributed by atoms with E-state index in [-0.39, 0.29) is 42.0 Å². The number of pyridine rings is 1. The molecule has 1 aromatic carbocycles. The molecule has 10 nitrogen and oxygen atoms in total. The SMILES string of the molecule is Cc1nc2c(OCc3c(F)cccc3F)cccn2c1-c1nc(CNS(C)(=O)=O)c2c(n1)NC(=O)C2(C)C. The van der Waals surface area contributed by atoms with E-state index in [0.717, 1.165) is 18.4 Å². The molecule has 198 valence electrons. The van der Waals surface area contributed by atoms with Gasteiger partial charge in [-0.2, -0.15) is 0 Å². The Morgan fingerprint density at radius 1 is 1.11 bits per heavy atom. The molecule has 1 aliphatic heterocycles. The van der Waals surface area contributed by atoms with E-state index in [4.69, 9.17) is 4.74 Å². The van der Waals surface area contributed by atoms with Gasteiger partial charge in [0.2, 0.25) is 15.9 Å². The molecule has 1 aliphatic rings. The van der Waals surface area contributed by atoms with Crippen molar-refractivity contribution in [1.82, 2.24) is 24.1 Å². The minimum Gasteiger partial charge on any atom is -0.485 e. The first-order valence-corrected chi connectivity index (χ1v) is 13.5. The summed E-state index contributed by atoms with van der Waals surface area (Å²) in [6, 6.07) is 6.88. The van der Waals surface area contributed by atoms with E-state index in [1.54, 1.807) is 43.5 Å². The van der Waals surface area contributed by atoms with Gasteiger partial charge < -0.3 is 10.1 Å². The summed E-state index contributed by atoms with van der Waals surface area (Å²) in [7, 11) is -3.54. The number of nitrogens with one attached hydrogen (secondary N) is 2. The Hall–Kier alpha value is -3.97. The van der Waals surface area contributed by atoms with E-state index in [2.05, 4.69) is 25.0 Å². The van der Waals surface area contributed by atoms with Gasteiger partial charge >= 0.3 is 0 Å². The summed E-state index contributed by atoms with van der Waals surface area (Å²) in [6.45, 7) is 4.66. The third-order valence-corrected chi connectivity index (χ3v) is 7.01. The van der Waals surface area contributed by atoms with Crippen LogP contribution in [0.5, 0.6) is 5.75 Å². The molecule has 0 spiro atoms. The Morgan fingerprint density at radius 3 is 2.50 bits per heavy atom. The van der Waals surface area contributed by atoms with Crippen LogP contribution in [0.4, 0.5) is 14.6 Å². The van der Waals surface area contributed by atoms with Gasteiger partial charge in [0.25, 0.3) is 0 Å². The summed E-state index contributed by atoms with van der Waals surface area (Å²) in [4.78, 5) is 26.5. The minimum atomic E-state index is -3.54. The normalized spacial score (nSPS) is 14.5. The predicted octanol–water partition coefficient (Wildman–Crippen LogP) is 3.24. The molecule has 0 saturated heterocycles. The number of benzene rings is 1. The van der Waals surface area contributed by atoms with E-state index in [9.17, 15) is 22.0 Å². The zero-order chi connectivity index (χ0) is 27.4. The zero-order valence-electron chi connectivity index (χ0n) is 21.0. The average molecular weight is 543 g/mol. The minimum absolute atomic E-state index is 0.145. The number of rotatable bonds is 7. The molecule has 0 atom stereocenters. The first-order valence-electron chi connectivity index (χ1n) is 11.6. The van der Waals surface area contributed by atoms with E-state index < -0.39 is 27.1 Å². The van der Waals surface area contributed by atoms with Crippen molar-refractivity contribution in [3.05, 3.63) is 70.7 Å². The molecule has 13 heteroatoms. The maximum absolute atomic E-state index is 14.1. The first kappa shape index (κ1) is 25.7. The molecule has 4 heterocycles. The smallest absolute Gasteiger partial charge is 0.235 e. The third-order valence-electron chi connectivity index (χ3n) is 6.34. The molecule has 4 aromatic rings. The molecule has 3 aromatic heterocycles. The quantitative estimate of drug-likeness (QED) is 0.367. The van der Waals surface area contributed by atoms with Crippen molar-refractivity contribution in [2.24, 2.45) is 0 Å². The van der Waals surface area contributed by atoms with Crippen molar-refractivity contribution in [3.63, 3.8) is 0 Å². The second-order valence-electron chi connectivity index (χ2n) is 9.49. The Kier molecular flexibility index (Phi) is 6.15. The van der Waals surface area contributed by atoms with E-state index in [1.807, 2.05) is 0 Å². The number of aromatic nitrogens is 4. The number of aryl methyl sites for hydroxylation is 1. The number of hydrogen-bond donors (Lipinski definition) is 2. The fourth-order valence-electron chi connectivity index (χ4n) is 4.42. The van der Waals surface area contributed by atoms with Gasteiger partial charge in [-0.3, -0.25) is 9.20 Å². The van der Waals surface area contributed by atoms with Gasteiger partial charge in [-0.15, -0.1) is 0 Å². The number of hydrogen-bond acceptors (Lipinski definition) is 7. The molecule has 5 rings (SSSR count). The summed E-state index contributed by atoms with van der Waals surface area (Å²) < 4.78 is 61.6. The molecule has 0 fully saturated rings. The molecule has 1 amide bonds. The van der Waals surface area contributed by atoms with Crippen LogP contribution in [0, 0.1) is 18.6 Å². The second-order valence-corrected chi connectivity index (χ2v) is 11.3. The summed E-state index contributed by atoms with van der Waals surface area (Å²) in [6.07, 6.45) is 2.74.